The van der Waals surface area contributed by atoms with Crippen molar-refractivity contribution >= 4 is 0 Å². The summed E-state index contributed by atoms with van der Waals surface area (Å²) in [6.07, 6.45) is 33.7. The van der Waals surface area contributed by atoms with Crippen LogP contribution in [0, 0.1) is 0 Å². The minimum Gasteiger partial charge on any atom is -0.314 e. The van der Waals surface area contributed by atoms with Crippen molar-refractivity contribution in [3.63, 3.8) is 0 Å². The van der Waals surface area contributed by atoms with Crippen molar-refractivity contribution in [1.29, 1.82) is 0 Å². The summed E-state index contributed by atoms with van der Waals surface area (Å²) in [6, 6.07) is 1.47. The van der Waals surface area contributed by atoms with Crippen molar-refractivity contribution in [1.82, 2.24) is 20.4 Å². The molecule has 1 heterocycles. The van der Waals surface area contributed by atoms with Crippen molar-refractivity contribution < 1.29 is 0 Å². The molecule has 0 amide bonds. The van der Waals surface area contributed by atoms with Crippen LogP contribution in [0.1, 0.15) is 182 Å². The van der Waals surface area contributed by atoms with Crippen LogP contribution >= 0.6 is 0 Å². The Hall–Kier alpha value is -0.160. The first-order valence-electron chi connectivity index (χ1n) is 19.6. The maximum Gasteiger partial charge on any atom is 0.0110 e. The summed E-state index contributed by atoms with van der Waals surface area (Å²) in [5, 5.41) is 7.75. The third-order valence-corrected chi connectivity index (χ3v) is 9.93. The van der Waals surface area contributed by atoms with E-state index in [-0.39, 0.29) is 0 Å². The number of hydrogen-bond donors (Lipinski definition) is 2. The second-order valence-electron chi connectivity index (χ2n) is 13.7. The number of rotatable bonds is 32. The Morgan fingerprint density at radius 3 is 1.02 bits per heavy atom. The lowest BCUT2D eigenvalue weighted by atomic mass is 10.0. The normalized spacial score (nSPS) is 16.3. The van der Waals surface area contributed by atoms with E-state index in [9.17, 15) is 0 Å². The van der Waals surface area contributed by atoms with Crippen LogP contribution in [0.25, 0.3) is 0 Å². The fourth-order valence-corrected chi connectivity index (χ4v) is 6.76. The standard InChI is InChI=1S/C38H80N4/c1-5-9-11-13-15-17-19-21-23-27-37(7-3)39-29-25-31-41-33-35-42(36-34-41)32-26-30-40-38(8-4)28-24-22-20-18-16-14-12-10-6-2/h37-40H,5-36H2,1-4H3. The van der Waals surface area contributed by atoms with Gasteiger partial charge in [-0.05, 0) is 64.7 Å². The molecule has 0 radical (unpaired) electrons. The summed E-state index contributed by atoms with van der Waals surface area (Å²) in [7, 11) is 0. The van der Waals surface area contributed by atoms with E-state index >= 15 is 0 Å². The Bertz CT molecular complexity index is 473. The Kier molecular flexibility index (Phi) is 29.3. The van der Waals surface area contributed by atoms with Gasteiger partial charge >= 0.3 is 0 Å². The average molecular weight is 593 g/mol. The summed E-state index contributed by atoms with van der Waals surface area (Å²) in [5.74, 6) is 0. The minimum atomic E-state index is 0.734. The van der Waals surface area contributed by atoms with Crippen molar-refractivity contribution in [2.24, 2.45) is 0 Å². The molecule has 0 bridgehead atoms. The van der Waals surface area contributed by atoms with Crippen LogP contribution in [0.4, 0.5) is 0 Å². The van der Waals surface area contributed by atoms with Gasteiger partial charge in [0.05, 0.1) is 0 Å². The van der Waals surface area contributed by atoms with Gasteiger partial charge in [-0.25, -0.2) is 0 Å². The molecule has 1 rings (SSSR count). The predicted molar refractivity (Wildman–Crippen MR) is 190 cm³/mol. The van der Waals surface area contributed by atoms with E-state index in [1.165, 1.54) is 206 Å². The van der Waals surface area contributed by atoms with Crippen LogP contribution in [-0.4, -0.2) is 74.2 Å². The Morgan fingerprint density at radius 1 is 0.405 bits per heavy atom. The van der Waals surface area contributed by atoms with Crippen molar-refractivity contribution in [3.8, 4) is 0 Å². The van der Waals surface area contributed by atoms with Gasteiger partial charge in [0, 0.05) is 38.3 Å². The van der Waals surface area contributed by atoms with Crippen molar-refractivity contribution in [3.05, 3.63) is 0 Å². The molecule has 42 heavy (non-hydrogen) atoms. The van der Waals surface area contributed by atoms with Crippen LogP contribution in [0.2, 0.25) is 0 Å². The molecular formula is C38H80N4. The molecule has 0 aromatic rings. The van der Waals surface area contributed by atoms with Gasteiger partial charge < -0.3 is 20.4 Å². The minimum absolute atomic E-state index is 0.734. The molecule has 2 N–H and O–H groups in total. The number of piperazine rings is 1. The summed E-state index contributed by atoms with van der Waals surface area (Å²) < 4.78 is 0. The molecule has 1 aliphatic heterocycles. The molecule has 0 saturated carbocycles. The van der Waals surface area contributed by atoms with E-state index in [4.69, 9.17) is 0 Å². The number of nitrogens with zero attached hydrogens (tertiary/aromatic N) is 2. The molecule has 252 valence electrons. The number of nitrogens with one attached hydrogen (secondary N) is 2. The second kappa shape index (κ2) is 30.8. The first kappa shape index (κ1) is 39.9. The van der Waals surface area contributed by atoms with Crippen molar-refractivity contribution in [2.75, 3.05) is 52.4 Å². The van der Waals surface area contributed by atoms with Gasteiger partial charge in [-0.3, -0.25) is 0 Å². The number of hydrogen-bond acceptors (Lipinski definition) is 4. The van der Waals surface area contributed by atoms with E-state index in [1.807, 2.05) is 0 Å². The van der Waals surface area contributed by atoms with E-state index in [2.05, 4.69) is 48.1 Å². The first-order chi connectivity index (χ1) is 20.7. The van der Waals surface area contributed by atoms with Gasteiger partial charge in [-0.15, -0.1) is 0 Å². The molecule has 0 spiro atoms. The number of unbranched alkanes of at least 4 members (excludes halogenated alkanes) is 16. The maximum absolute atomic E-state index is 3.88. The van der Waals surface area contributed by atoms with Gasteiger partial charge in [0.25, 0.3) is 0 Å². The lowest BCUT2D eigenvalue weighted by Crippen LogP contribution is -2.47. The molecular weight excluding hydrogens is 512 g/mol. The molecule has 4 nitrogen and oxygen atoms in total. The lowest BCUT2D eigenvalue weighted by molar-refractivity contribution is 0.129. The highest BCUT2D eigenvalue weighted by molar-refractivity contribution is 4.74. The van der Waals surface area contributed by atoms with Crippen molar-refractivity contribution in [2.45, 2.75) is 194 Å². The molecule has 1 saturated heterocycles. The van der Waals surface area contributed by atoms with Crippen LogP contribution in [0.3, 0.4) is 0 Å². The van der Waals surface area contributed by atoms with Gasteiger partial charge in [0.2, 0.25) is 0 Å². The van der Waals surface area contributed by atoms with Crippen LogP contribution in [-0.2, 0) is 0 Å². The maximum atomic E-state index is 3.88. The van der Waals surface area contributed by atoms with Gasteiger partial charge in [-0.1, -0.05) is 143 Å². The summed E-state index contributed by atoms with van der Waals surface area (Å²) >= 11 is 0. The summed E-state index contributed by atoms with van der Waals surface area (Å²) in [6.45, 7) is 19.3. The highest BCUT2D eigenvalue weighted by atomic mass is 15.3. The fraction of sp³-hybridized carbons (Fsp3) is 1.00. The highest BCUT2D eigenvalue weighted by Crippen LogP contribution is 2.14. The molecule has 2 atom stereocenters. The van der Waals surface area contributed by atoms with E-state index in [0.717, 1.165) is 12.1 Å². The van der Waals surface area contributed by atoms with E-state index in [1.54, 1.807) is 0 Å². The Morgan fingerprint density at radius 2 is 0.714 bits per heavy atom. The van der Waals surface area contributed by atoms with E-state index < -0.39 is 0 Å². The Labute approximate surface area is 266 Å². The lowest BCUT2D eigenvalue weighted by Gasteiger charge is -2.35. The van der Waals surface area contributed by atoms with Crippen LogP contribution in [0.15, 0.2) is 0 Å². The molecule has 1 aliphatic rings. The molecule has 2 unspecified atom stereocenters. The fourth-order valence-electron chi connectivity index (χ4n) is 6.76. The highest BCUT2D eigenvalue weighted by Gasteiger charge is 2.16. The van der Waals surface area contributed by atoms with Gasteiger partial charge in [0.1, 0.15) is 0 Å². The van der Waals surface area contributed by atoms with Crippen LogP contribution < -0.4 is 10.6 Å². The molecule has 0 aromatic heterocycles. The smallest absolute Gasteiger partial charge is 0.0110 e. The first-order valence-corrected chi connectivity index (χ1v) is 19.6. The quantitative estimate of drug-likeness (QED) is 0.0761. The monoisotopic (exact) mass is 593 g/mol. The molecule has 1 fully saturated rings. The third kappa shape index (κ3) is 24.2. The zero-order valence-electron chi connectivity index (χ0n) is 29.7. The van der Waals surface area contributed by atoms with Gasteiger partial charge in [-0.2, -0.15) is 0 Å². The zero-order chi connectivity index (χ0) is 30.4. The molecule has 4 heteroatoms. The zero-order valence-corrected chi connectivity index (χ0v) is 29.7. The predicted octanol–water partition coefficient (Wildman–Crippen LogP) is 9.96. The molecule has 0 aromatic carbocycles. The second-order valence-corrected chi connectivity index (χ2v) is 13.7. The molecule has 0 aliphatic carbocycles. The largest absolute Gasteiger partial charge is 0.314 e. The topological polar surface area (TPSA) is 30.5 Å². The summed E-state index contributed by atoms with van der Waals surface area (Å²) in [4.78, 5) is 5.41. The SMILES string of the molecule is CCCCCCCCCCCC(CC)NCCCN1CCN(CCCNC(CC)CCCCCCCCCCC)CC1. The van der Waals surface area contributed by atoms with Gasteiger partial charge in [0.15, 0.2) is 0 Å². The Balaban J connectivity index is 1.94. The third-order valence-electron chi connectivity index (χ3n) is 9.93. The summed E-state index contributed by atoms with van der Waals surface area (Å²) in [5.41, 5.74) is 0. The van der Waals surface area contributed by atoms with Crippen LogP contribution in [0.5, 0.6) is 0 Å². The average Bonchev–Trinajstić information content (AvgIpc) is 3.02. The van der Waals surface area contributed by atoms with E-state index in [0.29, 0.717) is 0 Å².